The average molecular weight is 284 g/mol. The second-order valence-electron chi connectivity index (χ2n) is 5.54. The fraction of sp³-hybridized carbons (Fsp3) is 0.769. The van der Waals surface area contributed by atoms with E-state index in [0.717, 1.165) is 12.8 Å². The summed E-state index contributed by atoms with van der Waals surface area (Å²) < 4.78 is 31.0. The Balaban J connectivity index is 1.58. The van der Waals surface area contributed by atoms with Gasteiger partial charge in [0.05, 0.1) is 29.4 Å². The van der Waals surface area contributed by atoms with Gasteiger partial charge in [-0.15, -0.1) is 0 Å². The first kappa shape index (κ1) is 13.0. The summed E-state index contributed by atoms with van der Waals surface area (Å²) in [4.78, 5) is 0. The second kappa shape index (κ2) is 5.15. The lowest BCUT2D eigenvalue weighted by molar-refractivity contribution is 0.310. The number of nitrogens with zero attached hydrogens (tertiary/aromatic N) is 2. The second-order valence-corrected chi connectivity index (χ2v) is 7.94. The average Bonchev–Trinajstić information content (AvgIpc) is 3.05. The van der Waals surface area contributed by atoms with Crippen molar-refractivity contribution >= 4 is 9.84 Å². The molecule has 106 valence electrons. The summed E-state index contributed by atoms with van der Waals surface area (Å²) in [6.45, 7) is 0.263. The standard InChI is InChI=1S/C13H20N2O3S/c16-19(17)7-3-6-13(19)10-18-12-8-14-15(9-12)11-4-1-2-5-11/h8-9,11,13H,1-7,10H2. The Kier molecular flexibility index (Phi) is 3.52. The predicted octanol–water partition coefficient (Wildman–Crippen LogP) is 1.95. The molecule has 0 spiro atoms. The van der Waals surface area contributed by atoms with E-state index in [4.69, 9.17) is 4.74 Å². The predicted molar refractivity (Wildman–Crippen MR) is 72.0 cm³/mol. The van der Waals surface area contributed by atoms with Crippen LogP contribution in [0.25, 0.3) is 0 Å². The molecule has 6 heteroatoms. The van der Waals surface area contributed by atoms with Crippen LogP contribution >= 0.6 is 0 Å². The van der Waals surface area contributed by atoms with Crippen LogP contribution in [-0.4, -0.2) is 35.8 Å². The van der Waals surface area contributed by atoms with Crippen LogP contribution < -0.4 is 4.74 Å². The van der Waals surface area contributed by atoms with E-state index < -0.39 is 9.84 Å². The van der Waals surface area contributed by atoms with Gasteiger partial charge in [0.25, 0.3) is 0 Å². The number of rotatable bonds is 4. The summed E-state index contributed by atoms with van der Waals surface area (Å²) in [5, 5.41) is 3.99. The molecule has 19 heavy (non-hydrogen) atoms. The van der Waals surface area contributed by atoms with Crippen molar-refractivity contribution in [3.63, 3.8) is 0 Å². The first-order valence-electron chi connectivity index (χ1n) is 7.04. The molecule has 5 nitrogen and oxygen atoms in total. The molecule has 3 rings (SSSR count). The van der Waals surface area contributed by atoms with Gasteiger partial charge in [-0.25, -0.2) is 8.42 Å². The van der Waals surface area contributed by atoms with E-state index in [1.165, 1.54) is 25.7 Å². The van der Waals surface area contributed by atoms with Crippen molar-refractivity contribution in [2.45, 2.75) is 49.8 Å². The molecular formula is C13H20N2O3S. The van der Waals surface area contributed by atoms with Crippen molar-refractivity contribution in [3.05, 3.63) is 12.4 Å². The highest BCUT2D eigenvalue weighted by atomic mass is 32.2. The van der Waals surface area contributed by atoms with Gasteiger partial charge in [-0.05, 0) is 25.7 Å². The van der Waals surface area contributed by atoms with Crippen LogP contribution in [0.1, 0.15) is 44.6 Å². The molecule has 1 unspecified atom stereocenters. The van der Waals surface area contributed by atoms with Gasteiger partial charge in [-0.2, -0.15) is 5.10 Å². The molecule has 1 saturated heterocycles. The Morgan fingerprint density at radius 2 is 2.05 bits per heavy atom. The van der Waals surface area contributed by atoms with E-state index in [9.17, 15) is 8.42 Å². The van der Waals surface area contributed by atoms with Gasteiger partial charge < -0.3 is 4.74 Å². The molecule has 1 saturated carbocycles. The van der Waals surface area contributed by atoms with Gasteiger partial charge in [0.2, 0.25) is 0 Å². The number of sulfone groups is 1. The van der Waals surface area contributed by atoms with Crippen molar-refractivity contribution in [2.75, 3.05) is 12.4 Å². The minimum Gasteiger partial charge on any atom is -0.489 e. The highest BCUT2D eigenvalue weighted by Gasteiger charge is 2.31. The van der Waals surface area contributed by atoms with E-state index in [1.54, 1.807) is 6.20 Å². The first-order chi connectivity index (χ1) is 9.15. The molecule has 2 aliphatic rings. The summed E-state index contributed by atoms with van der Waals surface area (Å²) in [5.41, 5.74) is 0. The Morgan fingerprint density at radius 1 is 1.26 bits per heavy atom. The number of ether oxygens (including phenoxy) is 1. The highest BCUT2D eigenvalue weighted by molar-refractivity contribution is 7.92. The number of aromatic nitrogens is 2. The van der Waals surface area contributed by atoms with Crippen LogP contribution in [-0.2, 0) is 9.84 Å². The van der Waals surface area contributed by atoms with Crippen molar-refractivity contribution in [1.82, 2.24) is 9.78 Å². The molecule has 0 amide bonds. The van der Waals surface area contributed by atoms with E-state index in [2.05, 4.69) is 5.10 Å². The van der Waals surface area contributed by atoms with Crippen LogP contribution in [0.4, 0.5) is 0 Å². The third-order valence-corrected chi connectivity index (χ3v) is 6.42. The normalized spacial score (nSPS) is 26.8. The van der Waals surface area contributed by atoms with Gasteiger partial charge in [-0.1, -0.05) is 12.8 Å². The van der Waals surface area contributed by atoms with Crippen molar-refractivity contribution in [2.24, 2.45) is 0 Å². The van der Waals surface area contributed by atoms with E-state index in [1.807, 2.05) is 10.9 Å². The zero-order valence-electron chi connectivity index (χ0n) is 11.0. The third-order valence-electron chi connectivity index (χ3n) is 4.18. The Labute approximate surface area is 113 Å². The van der Waals surface area contributed by atoms with Crippen LogP contribution in [0.3, 0.4) is 0 Å². The lowest BCUT2D eigenvalue weighted by atomic mass is 10.3. The van der Waals surface area contributed by atoms with Crippen molar-refractivity contribution in [3.8, 4) is 5.75 Å². The monoisotopic (exact) mass is 284 g/mol. The molecule has 0 bridgehead atoms. The van der Waals surface area contributed by atoms with Gasteiger partial charge in [0.1, 0.15) is 6.61 Å². The molecule has 2 fully saturated rings. The smallest absolute Gasteiger partial charge is 0.157 e. The highest BCUT2D eigenvalue weighted by Crippen LogP contribution is 2.30. The summed E-state index contributed by atoms with van der Waals surface area (Å²) in [6.07, 6.45) is 9.96. The summed E-state index contributed by atoms with van der Waals surface area (Å²) in [5.74, 6) is 0.997. The minimum absolute atomic E-state index is 0.263. The molecule has 0 radical (unpaired) electrons. The Bertz CT molecular complexity index is 532. The largest absolute Gasteiger partial charge is 0.489 e. The number of hydrogen-bond donors (Lipinski definition) is 0. The van der Waals surface area contributed by atoms with E-state index in [0.29, 0.717) is 17.5 Å². The minimum atomic E-state index is -2.92. The third kappa shape index (κ3) is 2.78. The van der Waals surface area contributed by atoms with Gasteiger partial charge >= 0.3 is 0 Å². The maximum absolute atomic E-state index is 11.7. The lowest BCUT2D eigenvalue weighted by Crippen LogP contribution is -2.23. The van der Waals surface area contributed by atoms with Crippen molar-refractivity contribution < 1.29 is 13.2 Å². The first-order valence-corrected chi connectivity index (χ1v) is 8.75. The maximum atomic E-state index is 11.7. The van der Waals surface area contributed by atoms with Crippen LogP contribution in [0.15, 0.2) is 12.4 Å². The van der Waals surface area contributed by atoms with E-state index >= 15 is 0 Å². The van der Waals surface area contributed by atoms with Crippen LogP contribution in [0.5, 0.6) is 5.75 Å². The molecule has 1 aromatic rings. The van der Waals surface area contributed by atoms with Gasteiger partial charge in [-0.3, -0.25) is 4.68 Å². The fourth-order valence-corrected chi connectivity index (χ4v) is 4.70. The zero-order valence-corrected chi connectivity index (χ0v) is 11.8. The molecule has 0 aromatic carbocycles. The molecule has 0 N–H and O–H groups in total. The molecule has 1 aliphatic heterocycles. The maximum Gasteiger partial charge on any atom is 0.157 e. The summed E-state index contributed by atoms with van der Waals surface area (Å²) in [7, 11) is -2.92. The summed E-state index contributed by atoms with van der Waals surface area (Å²) >= 11 is 0. The van der Waals surface area contributed by atoms with Gasteiger partial charge in [0.15, 0.2) is 15.6 Å². The van der Waals surface area contributed by atoms with Crippen LogP contribution in [0.2, 0.25) is 0 Å². The molecule has 2 heterocycles. The molecule has 1 aromatic heterocycles. The number of hydrogen-bond acceptors (Lipinski definition) is 4. The van der Waals surface area contributed by atoms with Gasteiger partial charge in [0, 0.05) is 0 Å². The summed E-state index contributed by atoms with van der Waals surface area (Å²) in [6, 6.07) is 0.493. The molecular weight excluding hydrogens is 264 g/mol. The quantitative estimate of drug-likeness (QED) is 0.848. The fourth-order valence-electron chi connectivity index (χ4n) is 3.00. The molecule has 1 atom stereocenters. The topological polar surface area (TPSA) is 61.2 Å². The Hall–Kier alpha value is -1.04. The molecule has 1 aliphatic carbocycles. The van der Waals surface area contributed by atoms with Crippen molar-refractivity contribution in [1.29, 1.82) is 0 Å². The zero-order chi connectivity index (χ0) is 13.3. The SMILES string of the molecule is O=S1(=O)CCCC1COc1cnn(C2CCCC2)c1. The lowest BCUT2D eigenvalue weighted by Gasteiger charge is -2.10. The van der Waals surface area contributed by atoms with E-state index in [-0.39, 0.29) is 11.9 Å². The van der Waals surface area contributed by atoms with Crippen LogP contribution in [0, 0.1) is 0 Å². The Morgan fingerprint density at radius 3 is 2.74 bits per heavy atom.